The van der Waals surface area contributed by atoms with E-state index in [1.807, 2.05) is 0 Å². The van der Waals surface area contributed by atoms with Crippen molar-refractivity contribution >= 4 is 5.97 Å². The molecule has 0 aromatic rings. The number of ether oxygens (including phenoxy) is 1. The Bertz CT molecular complexity index is 173. The van der Waals surface area contributed by atoms with Gasteiger partial charge in [-0.1, -0.05) is 0 Å². The lowest BCUT2D eigenvalue weighted by Crippen LogP contribution is -2.40. The van der Waals surface area contributed by atoms with Crippen LogP contribution in [0.25, 0.3) is 0 Å². The van der Waals surface area contributed by atoms with Crippen LogP contribution in [-0.2, 0) is 9.53 Å². The highest BCUT2D eigenvalue weighted by Gasteiger charge is 2.42. The Morgan fingerprint density at radius 1 is 1.58 bits per heavy atom. The fraction of sp³-hybridized carbons (Fsp3) is 0.875. The second-order valence-electron chi connectivity index (χ2n) is 3.19. The molecular weight excluding hydrogens is 163 g/mol. The summed E-state index contributed by atoms with van der Waals surface area (Å²) in [5.41, 5.74) is -1.85. The Morgan fingerprint density at radius 3 is 2.50 bits per heavy atom. The van der Waals surface area contributed by atoms with Crippen LogP contribution < -0.4 is 0 Å². The van der Waals surface area contributed by atoms with Crippen LogP contribution >= 0.6 is 0 Å². The normalized spacial score (nSPS) is 36.1. The van der Waals surface area contributed by atoms with Gasteiger partial charge in [-0.3, -0.25) is 0 Å². The van der Waals surface area contributed by atoms with Gasteiger partial charge in [-0.25, -0.2) is 9.18 Å². The van der Waals surface area contributed by atoms with Crippen molar-refractivity contribution in [1.82, 2.24) is 0 Å². The maximum Gasteiger partial charge on any atom is 0.343 e. The minimum atomic E-state index is -1.85. The van der Waals surface area contributed by atoms with E-state index in [0.29, 0.717) is 12.8 Å². The van der Waals surface area contributed by atoms with Gasteiger partial charge in [0.25, 0.3) is 0 Å². The van der Waals surface area contributed by atoms with E-state index in [1.165, 1.54) is 7.11 Å². The predicted octanol–water partition coefficient (Wildman–Crippen LogP) is 0.803. The molecule has 0 spiro atoms. The van der Waals surface area contributed by atoms with E-state index in [9.17, 15) is 9.18 Å². The molecule has 70 valence electrons. The van der Waals surface area contributed by atoms with Crippen molar-refractivity contribution in [1.29, 1.82) is 0 Å². The summed E-state index contributed by atoms with van der Waals surface area (Å²) in [7, 11) is 1.18. The Kier molecular flexibility index (Phi) is 2.67. The predicted molar refractivity (Wildman–Crippen MR) is 40.3 cm³/mol. The van der Waals surface area contributed by atoms with Gasteiger partial charge in [0.15, 0.2) is 0 Å². The molecule has 1 saturated carbocycles. The number of carbonyl (C=O) groups excluding carboxylic acids is 1. The lowest BCUT2D eigenvalue weighted by atomic mass is 9.85. The molecule has 3 nitrogen and oxygen atoms in total. The topological polar surface area (TPSA) is 46.5 Å². The molecule has 0 aromatic carbocycles. The van der Waals surface area contributed by atoms with Crippen LogP contribution in [0.1, 0.15) is 25.7 Å². The van der Waals surface area contributed by atoms with Gasteiger partial charge < -0.3 is 9.84 Å². The van der Waals surface area contributed by atoms with Gasteiger partial charge >= 0.3 is 5.97 Å². The van der Waals surface area contributed by atoms with Crippen LogP contribution in [0.4, 0.5) is 4.39 Å². The van der Waals surface area contributed by atoms with Crippen molar-refractivity contribution in [3.8, 4) is 0 Å². The number of rotatable bonds is 1. The highest BCUT2D eigenvalue weighted by Crippen LogP contribution is 2.32. The summed E-state index contributed by atoms with van der Waals surface area (Å²) < 4.78 is 17.9. The number of methoxy groups -OCH3 is 1. The molecule has 1 fully saturated rings. The second-order valence-corrected chi connectivity index (χ2v) is 3.19. The molecule has 4 heteroatoms. The lowest BCUT2D eigenvalue weighted by molar-refractivity contribution is -0.158. The smallest absolute Gasteiger partial charge is 0.343 e. The number of hydrogen-bond donors (Lipinski definition) is 1. The van der Waals surface area contributed by atoms with E-state index in [2.05, 4.69) is 4.74 Å². The zero-order valence-corrected chi connectivity index (χ0v) is 7.05. The largest absolute Gasteiger partial charge is 0.467 e. The summed E-state index contributed by atoms with van der Waals surface area (Å²) in [4.78, 5) is 10.9. The second kappa shape index (κ2) is 3.39. The molecule has 0 bridgehead atoms. The third-order valence-electron chi connectivity index (χ3n) is 2.30. The summed E-state index contributed by atoms with van der Waals surface area (Å²) in [6.07, 6.45) is 0.359. The first kappa shape index (κ1) is 9.45. The molecule has 1 rings (SSSR count). The van der Waals surface area contributed by atoms with E-state index >= 15 is 0 Å². The number of alkyl halides is 1. The quantitative estimate of drug-likeness (QED) is 0.601. The first-order valence-electron chi connectivity index (χ1n) is 4.04. The summed E-state index contributed by atoms with van der Waals surface area (Å²) >= 11 is 0. The van der Waals surface area contributed by atoms with Crippen LogP contribution in [0.2, 0.25) is 0 Å². The number of aliphatic hydroxyl groups is 1. The summed E-state index contributed by atoms with van der Waals surface area (Å²) in [5, 5.41) is 9.08. The molecule has 1 N–H and O–H groups in total. The van der Waals surface area contributed by atoms with E-state index in [1.54, 1.807) is 0 Å². The van der Waals surface area contributed by atoms with Crippen LogP contribution in [0.15, 0.2) is 0 Å². The lowest BCUT2D eigenvalue weighted by Gasteiger charge is -2.29. The minimum absolute atomic E-state index is 0.0703. The van der Waals surface area contributed by atoms with E-state index in [4.69, 9.17) is 5.11 Å². The molecule has 0 saturated heterocycles. The highest BCUT2D eigenvalue weighted by atomic mass is 19.1. The van der Waals surface area contributed by atoms with Gasteiger partial charge in [-0.15, -0.1) is 0 Å². The molecule has 0 atom stereocenters. The maximum absolute atomic E-state index is 13.6. The maximum atomic E-state index is 13.6. The molecule has 0 unspecified atom stereocenters. The van der Waals surface area contributed by atoms with Gasteiger partial charge in [0.2, 0.25) is 5.67 Å². The van der Waals surface area contributed by atoms with Crippen molar-refractivity contribution in [3.05, 3.63) is 0 Å². The Labute approximate surface area is 70.5 Å². The SMILES string of the molecule is COC(=O)C1(F)CCC(O)CC1. The van der Waals surface area contributed by atoms with Gasteiger partial charge in [-0.2, -0.15) is 0 Å². The van der Waals surface area contributed by atoms with Gasteiger partial charge in [-0.05, 0) is 25.7 Å². The van der Waals surface area contributed by atoms with E-state index < -0.39 is 17.7 Å². The molecule has 1 aliphatic rings. The number of halogens is 1. The van der Waals surface area contributed by atoms with Gasteiger partial charge in [0, 0.05) is 0 Å². The minimum Gasteiger partial charge on any atom is -0.467 e. The van der Waals surface area contributed by atoms with Crippen molar-refractivity contribution in [3.63, 3.8) is 0 Å². The van der Waals surface area contributed by atoms with Crippen molar-refractivity contribution in [2.45, 2.75) is 37.5 Å². The number of esters is 1. The molecule has 0 aliphatic heterocycles. The Balaban J connectivity index is 2.55. The standard InChI is InChI=1S/C8H13FO3/c1-12-7(11)8(9)4-2-6(10)3-5-8/h6,10H,2-5H2,1H3. The fourth-order valence-electron chi connectivity index (χ4n) is 1.45. The Morgan fingerprint density at radius 2 is 2.08 bits per heavy atom. The summed E-state index contributed by atoms with van der Waals surface area (Å²) in [5.74, 6) is -0.811. The molecule has 0 aromatic heterocycles. The molecule has 0 radical (unpaired) electrons. The first-order valence-corrected chi connectivity index (χ1v) is 4.04. The van der Waals surface area contributed by atoms with Crippen LogP contribution in [0, 0.1) is 0 Å². The molecule has 0 amide bonds. The number of aliphatic hydroxyl groups excluding tert-OH is 1. The van der Waals surface area contributed by atoms with Gasteiger partial charge in [0.05, 0.1) is 13.2 Å². The fourth-order valence-corrected chi connectivity index (χ4v) is 1.45. The van der Waals surface area contributed by atoms with Crippen molar-refractivity contribution in [2.75, 3.05) is 7.11 Å². The average molecular weight is 176 g/mol. The van der Waals surface area contributed by atoms with Crippen LogP contribution in [0.3, 0.4) is 0 Å². The van der Waals surface area contributed by atoms with Crippen LogP contribution in [0.5, 0.6) is 0 Å². The zero-order valence-electron chi connectivity index (χ0n) is 7.05. The molecule has 12 heavy (non-hydrogen) atoms. The first-order chi connectivity index (χ1) is 5.58. The number of hydrogen-bond acceptors (Lipinski definition) is 3. The number of carbonyl (C=O) groups is 1. The van der Waals surface area contributed by atoms with E-state index in [0.717, 1.165) is 0 Å². The average Bonchev–Trinajstić information content (AvgIpc) is 2.09. The molecule has 0 heterocycles. The summed E-state index contributed by atoms with van der Waals surface area (Å²) in [6, 6.07) is 0. The molecular formula is C8H13FO3. The third kappa shape index (κ3) is 1.75. The van der Waals surface area contributed by atoms with Crippen LogP contribution in [-0.4, -0.2) is 30.0 Å². The highest BCUT2D eigenvalue weighted by molar-refractivity contribution is 5.79. The molecule has 1 aliphatic carbocycles. The van der Waals surface area contributed by atoms with Crippen molar-refractivity contribution in [2.24, 2.45) is 0 Å². The monoisotopic (exact) mass is 176 g/mol. The zero-order chi connectivity index (χ0) is 9.19. The van der Waals surface area contributed by atoms with Crippen molar-refractivity contribution < 1.29 is 19.0 Å². The van der Waals surface area contributed by atoms with E-state index in [-0.39, 0.29) is 12.8 Å². The Hall–Kier alpha value is -0.640. The third-order valence-corrected chi connectivity index (χ3v) is 2.30. The summed E-state index contributed by atoms with van der Waals surface area (Å²) in [6.45, 7) is 0. The van der Waals surface area contributed by atoms with Gasteiger partial charge in [0.1, 0.15) is 0 Å².